The molecule has 9 heteroatoms. The number of carbonyl (C=O) groups is 2. The van der Waals surface area contributed by atoms with Crippen molar-refractivity contribution in [1.82, 2.24) is 19.7 Å². The number of morpholine rings is 1. The van der Waals surface area contributed by atoms with Crippen LogP contribution in [0.1, 0.15) is 17.0 Å². The number of benzene rings is 1. The van der Waals surface area contributed by atoms with Crippen LogP contribution in [0.4, 0.5) is 5.69 Å². The topological polar surface area (TPSA) is 89.3 Å². The number of aromatic nitrogens is 3. The number of nitrogens with one attached hydrogen (secondary N) is 1. The molecular weight excluding hydrogens is 402 g/mol. The molecule has 0 bridgehead atoms. The average Bonchev–Trinajstić information content (AvgIpc) is 3.11. The summed E-state index contributed by atoms with van der Waals surface area (Å²) >= 11 is 1.32. The number of allylic oxidation sites excluding steroid dienone is 1. The predicted octanol–water partition coefficient (Wildman–Crippen LogP) is 2.21. The molecule has 1 aromatic heterocycles. The Kier molecular flexibility index (Phi) is 7.64. The second-order valence-corrected chi connectivity index (χ2v) is 8.05. The maximum atomic E-state index is 12.5. The van der Waals surface area contributed by atoms with E-state index in [-0.39, 0.29) is 24.0 Å². The first-order valence-corrected chi connectivity index (χ1v) is 10.8. The number of rotatable bonds is 8. The molecule has 1 saturated heterocycles. The number of amides is 2. The maximum absolute atomic E-state index is 12.5. The molecule has 1 N–H and O–H groups in total. The van der Waals surface area contributed by atoms with Crippen molar-refractivity contribution in [3.05, 3.63) is 47.8 Å². The lowest BCUT2D eigenvalue weighted by molar-refractivity contribution is -0.132. The molecule has 2 aromatic rings. The highest BCUT2D eigenvalue weighted by Crippen LogP contribution is 2.19. The minimum atomic E-state index is -0.170. The summed E-state index contributed by atoms with van der Waals surface area (Å²) in [6.07, 6.45) is 1.81. The van der Waals surface area contributed by atoms with Crippen molar-refractivity contribution in [2.75, 3.05) is 37.4 Å². The van der Waals surface area contributed by atoms with Crippen LogP contribution < -0.4 is 5.32 Å². The molecule has 0 atom stereocenters. The van der Waals surface area contributed by atoms with E-state index in [4.69, 9.17) is 4.74 Å². The van der Waals surface area contributed by atoms with Crippen molar-refractivity contribution < 1.29 is 14.3 Å². The number of nitrogens with zero attached hydrogens (tertiary/aromatic N) is 4. The predicted molar refractivity (Wildman–Crippen MR) is 117 cm³/mol. The summed E-state index contributed by atoms with van der Waals surface area (Å²) in [5.41, 5.74) is 3.04. The second-order valence-electron chi connectivity index (χ2n) is 7.10. The molecule has 0 unspecified atom stereocenters. The zero-order chi connectivity index (χ0) is 21.5. The summed E-state index contributed by atoms with van der Waals surface area (Å²) in [6, 6.07) is 5.80. The summed E-state index contributed by atoms with van der Waals surface area (Å²) in [5, 5.41) is 11.9. The average molecular weight is 430 g/mol. The molecule has 160 valence electrons. The van der Waals surface area contributed by atoms with E-state index in [2.05, 4.69) is 22.1 Å². The molecule has 3 rings (SSSR count). The van der Waals surface area contributed by atoms with Crippen molar-refractivity contribution in [1.29, 1.82) is 0 Å². The number of hydrogen-bond donors (Lipinski definition) is 1. The van der Waals surface area contributed by atoms with Gasteiger partial charge in [-0.05, 0) is 37.1 Å². The third-order valence-electron chi connectivity index (χ3n) is 4.90. The Hall–Kier alpha value is -2.65. The number of aryl methyl sites for hydroxylation is 2. The lowest BCUT2D eigenvalue weighted by atomic mass is 10.1. The molecule has 2 heterocycles. The van der Waals surface area contributed by atoms with Crippen molar-refractivity contribution >= 4 is 29.3 Å². The number of anilines is 1. The fourth-order valence-electron chi connectivity index (χ4n) is 3.07. The minimum absolute atomic E-state index is 0.0467. The molecule has 8 nitrogen and oxygen atoms in total. The van der Waals surface area contributed by atoms with Crippen molar-refractivity contribution in [3.8, 4) is 0 Å². The molecule has 30 heavy (non-hydrogen) atoms. The van der Waals surface area contributed by atoms with Gasteiger partial charge in [0.2, 0.25) is 11.8 Å². The molecule has 1 aliphatic rings. The van der Waals surface area contributed by atoms with Gasteiger partial charge in [-0.25, -0.2) is 0 Å². The van der Waals surface area contributed by atoms with Gasteiger partial charge in [0.1, 0.15) is 5.82 Å². The van der Waals surface area contributed by atoms with Crippen LogP contribution in [0.15, 0.2) is 36.0 Å². The smallest absolute Gasteiger partial charge is 0.233 e. The zero-order valence-corrected chi connectivity index (χ0v) is 18.2. The second kappa shape index (κ2) is 10.4. The van der Waals surface area contributed by atoms with Gasteiger partial charge in [0.15, 0.2) is 5.16 Å². The van der Waals surface area contributed by atoms with E-state index in [0.29, 0.717) is 43.8 Å². The molecule has 1 aliphatic heterocycles. The van der Waals surface area contributed by atoms with Crippen molar-refractivity contribution in [3.63, 3.8) is 0 Å². The largest absolute Gasteiger partial charge is 0.378 e. The van der Waals surface area contributed by atoms with Gasteiger partial charge in [0.05, 0.1) is 25.4 Å². The molecule has 0 spiro atoms. The van der Waals surface area contributed by atoms with Gasteiger partial charge in [0, 0.05) is 25.3 Å². The molecule has 0 aliphatic carbocycles. The van der Waals surface area contributed by atoms with E-state index in [1.165, 1.54) is 17.3 Å². The SMILES string of the molecule is C=CCn1c(CC(=O)Nc2ccc(C)c(C)c2)nnc1SCC(=O)N1CCOCC1. The van der Waals surface area contributed by atoms with Crippen LogP contribution in [0.3, 0.4) is 0 Å². The molecule has 0 radical (unpaired) electrons. The molecular formula is C21H27N5O3S. The summed E-state index contributed by atoms with van der Waals surface area (Å²) < 4.78 is 7.11. The van der Waals surface area contributed by atoms with Crippen LogP contribution in [-0.2, 0) is 27.3 Å². The van der Waals surface area contributed by atoms with Gasteiger partial charge in [-0.1, -0.05) is 23.9 Å². The van der Waals surface area contributed by atoms with E-state index in [1.54, 1.807) is 11.0 Å². The van der Waals surface area contributed by atoms with Crippen LogP contribution in [0.2, 0.25) is 0 Å². The van der Waals surface area contributed by atoms with Gasteiger partial charge >= 0.3 is 0 Å². The lowest BCUT2D eigenvalue weighted by Crippen LogP contribution is -2.41. The molecule has 1 fully saturated rings. The number of carbonyl (C=O) groups excluding carboxylic acids is 2. The summed E-state index contributed by atoms with van der Waals surface area (Å²) in [5.74, 6) is 0.685. The number of hydrogen-bond acceptors (Lipinski definition) is 6. The summed E-state index contributed by atoms with van der Waals surface area (Å²) in [4.78, 5) is 26.7. The molecule has 0 saturated carbocycles. The van der Waals surface area contributed by atoms with Gasteiger partial charge in [-0.15, -0.1) is 16.8 Å². The highest BCUT2D eigenvalue weighted by Gasteiger charge is 2.20. The Balaban J connectivity index is 1.62. The lowest BCUT2D eigenvalue weighted by Gasteiger charge is -2.26. The van der Waals surface area contributed by atoms with Gasteiger partial charge in [-0.3, -0.25) is 9.59 Å². The van der Waals surface area contributed by atoms with Gasteiger partial charge in [-0.2, -0.15) is 0 Å². The van der Waals surface area contributed by atoms with E-state index < -0.39 is 0 Å². The van der Waals surface area contributed by atoms with Crippen LogP contribution in [-0.4, -0.2) is 63.5 Å². The van der Waals surface area contributed by atoms with E-state index in [0.717, 1.165) is 11.3 Å². The third kappa shape index (κ3) is 5.70. The Morgan fingerprint density at radius 2 is 2.00 bits per heavy atom. The van der Waals surface area contributed by atoms with Crippen LogP contribution >= 0.6 is 11.8 Å². The Morgan fingerprint density at radius 1 is 1.23 bits per heavy atom. The first-order chi connectivity index (χ1) is 14.5. The first-order valence-electron chi connectivity index (χ1n) is 9.86. The minimum Gasteiger partial charge on any atom is -0.378 e. The molecule has 2 amide bonds. The summed E-state index contributed by atoms with van der Waals surface area (Å²) in [6.45, 7) is 10.7. The van der Waals surface area contributed by atoms with Crippen molar-refractivity contribution in [2.24, 2.45) is 0 Å². The highest BCUT2D eigenvalue weighted by atomic mass is 32.2. The van der Waals surface area contributed by atoms with Gasteiger partial charge in [0.25, 0.3) is 0 Å². The van der Waals surface area contributed by atoms with E-state index >= 15 is 0 Å². The van der Waals surface area contributed by atoms with Crippen LogP contribution in [0.25, 0.3) is 0 Å². The fraction of sp³-hybridized carbons (Fsp3) is 0.429. The monoisotopic (exact) mass is 429 g/mol. The quantitative estimate of drug-likeness (QED) is 0.511. The highest BCUT2D eigenvalue weighted by molar-refractivity contribution is 7.99. The number of ether oxygens (including phenoxy) is 1. The zero-order valence-electron chi connectivity index (χ0n) is 17.4. The fourth-order valence-corrected chi connectivity index (χ4v) is 3.94. The van der Waals surface area contributed by atoms with Gasteiger partial charge < -0.3 is 19.5 Å². The third-order valence-corrected chi connectivity index (χ3v) is 5.85. The van der Waals surface area contributed by atoms with Crippen LogP contribution in [0, 0.1) is 13.8 Å². The molecule has 1 aromatic carbocycles. The van der Waals surface area contributed by atoms with E-state index in [9.17, 15) is 9.59 Å². The standard InChI is InChI=1S/C21H27N5O3S/c1-4-7-26-18(13-19(27)22-17-6-5-15(2)16(3)12-17)23-24-21(26)30-14-20(28)25-8-10-29-11-9-25/h4-6,12H,1,7-11,13-14H2,2-3H3,(H,22,27). The normalized spacial score (nSPS) is 13.9. The van der Waals surface area contributed by atoms with Crippen LogP contribution in [0.5, 0.6) is 0 Å². The number of thioether (sulfide) groups is 1. The Labute approximate surface area is 180 Å². The Bertz CT molecular complexity index is 921. The maximum Gasteiger partial charge on any atom is 0.233 e. The summed E-state index contributed by atoms with van der Waals surface area (Å²) in [7, 11) is 0. The Morgan fingerprint density at radius 3 is 2.70 bits per heavy atom. The first kappa shape index (κ1) is 22.0. The van der Waals surface area contributed by atoms with E-state index in [1.807, 2.05) is 36.6 Å². The van der Waals surface area contributed by atoms with Crippen molar-refractivity contribution in [2.45, 2.75) is 32.0 Å².